The Hall–Kier alpha value is -2.14. The topological polar surface area (TPSA) is 54.5 Å². The van der Waals surface area contributed by atoms with E-state index in [1.54, 1.807) is 37.1 Å². The van der Waals surface area contributed by atoms with E-state index in [1.807, 2.05) is 18.2 Å². The fraction of sp³-hybridized carbons (Fsp3) is 0.316. The molecule has 2 unspecified atom stereocenters. The largest absolute Gasteiger partial charge is 0.338 e. The van der Waals surface area contributed by atoms with E-state index >= 15 is 0 Å². The summed E-state index contributed by atoms with van der Waals surface area (Å²) in [6.45, 7) is 1.60. The minimum Gasteiger partial charge on any atom is -0.338 e. The molecule has 1 aliphatic carbocycles. The van der Waals surface area contributed by atoms with Crippen LogP contribution in [0.25, 0.3) is 0 Å². The van der Waals surface area contributed by atoms with Gasteiger partial charge in [-0.05, 0) is 30.2 Å². The van der Waals surface area contributed by atoms with Crippen LogP contribution in [0.4, 0.5) is 0 Å². The first-order valence-electron chi connectivity index (χ1n) is 8.09. The number of carbonyl (C=O) groups is 1. The second-order valence-corrected chi connectivity index (χ2v) is 8.45. The molecular weight excluding hydrogens is 322 g/mol. The van der Waals surface area contributed by atoms with Crippen molar-refractivity contribution < 1.29 is 13.2 Å². The second kappa shape index (κ2) is 6.40. The average molecular weight is 343 g/mol. The highest BCUT2D eigenvalue weighted by atomic mass is 32.2. The molecule has 1 saturated carbocycles. The van der Waals surface area contributed by atoms with Gasteiger partial charge in [-0.1, -0.05) is 43.3 Å². The second-order valence-electron chi connectivity index (χ2n) is 6.17. The van der Waals surface area contributed by atoms with Crippen molar-refractivity contribution >= 4 is 15.7 Å². The third-order valence-electron chi connectivity index (χ3n) is 4.62. The van der Waals surface area contributed by atoms with Gasteiger partial charge in [0.25, 0.3) is 5.91 Å². The smallest absolute Gasteiger partial charge is 0.253 e. The van der Waals surface area contributed by atoms with Crippen LogP contribution in [0.3, 0.4) is 0 Å². The van der Waals surface area contributed by atoms with Gasteiger partial charge in [-0.15, -0.1) is 0 Å². The molecule has 24 heavy (non-hydrogen) atoms. The standard InChI is InChI=1S/C19H21NO3S/c1-3-24(22,23)16-11-7-10-15(12-16)19(21)20(2)18-13-17(18)14-8-5-4-6-9-14/h4-12,17-18H,3,13H2,1-2H3. The highest BCUT2D eigenvalue weighted by Gasteiger charge is 2.43. The summed E-state index contributed by atoms with van der Waals surface area (Å²) < 4.78 is 24.0. The molecule has 1 amide bonds. The zero-order chi connectivity index (χ0) is 17.3. The summed E-state index contributed by atoms with van der Waals surface area (Å²) in [5.41, 5.74) is 1.66. The molecular formula is C19H21NO3S. The molecule has 0 aromatic heterocycles. The predicted molar refractivity (Wildman–Crippen MR) is 93.9 cm³/mol. The van der Waals surface area contributed by atoms with Crippen LogP contribution in [0, 0.1) is 0 Å². The first kappa shape index (κ1) is 16.7. The van der Waals surface area contributed by atoms with Crippen LogP contribution in [-0.2, 0) is 9.84 Å². The Balaban J connectivity index is 1.77. The van der Waals surface area contributed by atoms with Crippen molar-refractivity contribution in [2.75, 3.05) is 12.8 Å². The zero-order valence-corrected chi connectivity index (χ0v) is 14.7. The lowest BCUT2D eigenvalue weighted by Crippen LogP contribution is -2.29. The molecule has 4 nitrogen and oxygen atoms in total. The van der Waals surface area contributed by atoms with Crippen molar-refractivity contribution in [2.24, 2.45) is 0 Å². The summed E-state index contributed by atoms with van der Waals surface area (Å²) in [7, 11) is -1.52. The molecule has 2 aromatic carbocycles. The fourth-order valence-corrected chi connectivity index (χ4v) is 3.94. The van der Waals surface area contributed by atoms with Crippen LogP contribution in [0.15, 0.2) is 59.5 Å². The van der Waals surface area contributed by atoms with Gasteiger partial charge in [0, 0.05) is 24.6 Å². The molecule has 2 atom stereocenters. The van der Waals surface area contributed by atoms with E-state index in [2.05, 4.69) is 12.1 Å². The molecule has 1 fully saturated rings. The van der Waals surface area contributed by atoms with Crippen LogP contribution < -0.4 is 0 Å². The van der Waals surface area contributed by atoms with E-state index in [1.165, 1.54) is 11.6 Å². The first-order valence-corrected chi connectivity index (χ1v) is 9.74. The van der Waals surface area contributed by atoms with Crippen molar-refractivity contribution in [1.82, 2.24) is 4.90 Å². The number of rotatable bonds is 5. The Labute approximate surface area is 143 Å². The number of carbonyl (C=O) groups excluding carboxylic acids is 1. The Morgan fingerprint density at radius 2 is 1.83 bits per heavy atom. The van der Waals surface area contributed by atoms with Crippen LogP contribution in [0.1, 0.15) is 35.2 Å². The van der Waals surface area contributed by atoms with E-state index in [0.29, 0.717) is 11.5 Å². The molecule has 5 heteroatoms. The van der Waals surface area contributed by atoms with Crippen LogP contribution in [0.5, 0.6) is 0 Å². The number of nitrogens with zero attached hydrogens (tertiary/aromatic N) is 1. The molecule has 1 aliphatic rings. The lowest BCUT2D eigenvalue weighted by Gasteiger charge is -2.18. The third-order valence-corrected chi connectivity index (χ3v) is 6.35. The Kier molecular flexibility index (Phi) is 4.45. The summed E-state index contributed by atoms with van der Waals surface area (Å²) in [6, 6.07) is 16.7. The van der Waals surface area contributed by atoms with Gasteiger partial charge < -0.3 is 4.90 Å². The lowest BCUT2D eigenvalue weighted by molar-refractivity contribution is 0.0782. The van der Waals surface area contributed by atoms with Gasteiger partial charge >= 0.3 is 0 Å². The van der Waals surface area contributed by atoms with Gasteiger partial charge in [0.05, 0.1) is 10.6 Å². The quantitative estimate of drug-likeness (QED) is 0.838. The summed E-state index contributed by atoms with van der Waals surface area (Å²) in [6.07, 6.45) is 0.944. The van der Waals surface area contributed by atoms with E-state index in [4.69, 9.17) is 0 Å². The van der Waals surface area contributed by atoms with Gasteiger partial charge in [0.2, 0.25) is 0 Å². The molecule has 3 rings (SSSR count). The molecule has 0 spiro atoms. The van der Waals surface area contributed by atoms with Crippen molar-refractivity contribution in [2.45, 2.75) is 30.2 Å². The van der Waals surface area contributed by atoms with Crippen LogP contribution in [-0.4, -0.2) is 38.1 Å². The Morgan fingerprint density at radius 3 is 2.50 bits per heavy atom. The van der Waals surface area contributed by atoms with Gasteiger partial charge in [-0.2, -0.15) is 0 Å². The summed E-state index contributed by atoms with van der Waals surface area (Å²) in [5, 5.41) is 0. The maximum absolute atomic E-state index is 12.7. The zero-order valence-electron chi connectivity index (χ0n) is 13.8. The van der Waals surface area contributed by atoms with Crippen molar-refractivity contribution in [3.05, 3.63) is 65.7 Å². The van der Waals surface area contributed by atoms with Gasteiger partial charge in [0.15, 0.2) is 9.84 Å². The van der Waals surface area contributed by atoms with Gasteiger partial charge in [-0.25, -0.2) is 8.42 Å². The van der Waals surface area contributed by atoms with Gasteiger partial charge in [0.1, 0.15) is 0 Å². The Morgan fingerprint density at radius 1 is 1.12 bits per heavy atom. The Bertz CT molecular complexity index is 846. The van der Waals surface area contributed by atoms with Crippen molar-refractivity contribution in [3.63, 3.8) is 0 Å². The highest BCUT2D eigenvalue weighted by molar-refractivity contribution is 7.91. The van der Waals surface area contributed by atoms with Crippen molar-refractivity contribution in [3.8, 4) is 0 Å². The van der Waals surface area contributed by atoms with E-state index < -0.39 is 9.84 Å². The molecule has 0 saturated heterocycles. The van der Waals surface area contributed by atoms with Crippen molar-refractivity contribution in [1.29, 1.82) is 0 Å². The fourth-order valence-electron chi connectivity index (χ4n) is 3.01. The van der Waals surface area contributed by atoms with Gasteiger partial charge in [-0.3, -0.25) is 4.79 Å². The number of hydrogen-bond donors (Lipinski definition) is 0. The molecule has 0 heterocycles. The SMILES string of the molecule is CCS(=O)(=O)c1cccc(C(=O)N(C)C2CC2c2ccccc2)c1. The first-order chi connectivity index (χ1) is 11.4. The molecule has 2 aromatic rings. The number of sulfone groups is 1. The average Bonchev–Trinajstić information content (AvgIpc) is 3.42. The van der Waals surface area contributed by atoms with E-state index in [-0.39, 0.29) is 22.6 Å². The number of benzene rings is 2. The number of hydrogen-bond acceptors (Lipinski definition) is 3. The van der Waals surface area contributed by atoms with E-state index in [0.717, 1.165) is 6.42 Å². The van der Waals surface area contributed by atoms with E-state index in [9.17, 15) is 13.2 Å². The van der Waals surface area contributed by atoms with Crippen LogP contribution >= 0.6 is 0 Å². The molecule has 0 bridgehead atoms. The minimum absolute atomic E-state index is 0.0270. The summed E-state index contributed by atoms with van der Waals surface area (Å²) in [4.78, 5) is 14.6. The maximum atomic E-state index is 12.7. The molecule has 126 valence electrons. The summed E-state index contributed by atoms with van der Waals surface area (Å²) >= 11 is 0. The third kappa shape index (κ3) is 3.22. The highest BCUT2D eigenvalue weighted by Crippen LogP contribution is 2.44. The molecule has 0 radical (unpaired) electrons. The number of likely N-dealkylation sites (N-methyl/N-ethyl adjacent to an activating group) is 1. The lowest BCUT2D eigenvalue weighted by atomic mass is 10.1. The monoisotopic (exact) mass is 343 g/mol. The minimum atomic E-state index is -3.31. The van der Waals surface area contributed by atoms with Crippen LogP contribution in [0.2, 0.25) is 0 Å². The molecule has 0 N–H and O–H groups in total. The maximum Gasteiger partial charge on any atom is 0.253 e. The number of amides is 1. The normalized spacial score (nSPS) is 19.8. The predicted octanol–water partition coefficient (Wildman–Crippen LogP) is 3.11. The molecule has 0 aliphatic heterocycles. The summed E-state index contributed by atoms with van der Waals surface area (Å²) in [5.74, 6) is 0.258.